The molecule has 3 heteroatoms. The molecule has 3 aliphatic rings. The van der Waals surface area contributed by atoms with Gasteiger partial charge in [-0.15, -0.1) is 0 Å². The Bertz CT molecular complexity index is 357. The molecule has 1 aliphatic heterocycles. The van der Waals surface area contributed by atoms with Crippen LogP contribution in [0.4, 0.5) is 0 Å². The molecule has 108 valence electrons. The van der Waals surface area contributed by atoms with Crippen LogP contribution in [0.2, 0.25) is 0 Å². The third-order valence-corrected chi connectivity index (χ3v) is 5.82. The summed E-state index contributed by atoms with van der Waals surface area (Å²) in [5.41, 5.74) is 0. The summed E-state index contributed by atoms with van der Waals surface area (Å²) in [5, 5.41) is 3.48. The minimum Gasteiger partial charge on any atom is -0.323 e. The van der Waals surface area contributed by atoms with E-state index < -0.39 is 0 Å². The highest BCUT2D eigenvalue weighted by molar-refractivity contribution is 5.84. The molecule has 6 atom stereocenters. The standard InChI is InChI=1S/C16H28N2O/c1-4-5-15-17-10(2)16(19)18(15)11(3)14-9-12-6-7-13(14)8-12/h10-15,17H,4-9H2,1-3H3. The van der Waals surface area contributed by atoms with Crippen molar-refractivity contribution in [3.8, 4) is 0 Å². The highest BCUT2D eigenvalue weighted by Crippen LogP contribution is 2.50. The van der Waals surface area contributed by atoms with E-state index in [1.165, 1.54) is 25.7 Å². The van der Waals surface area contributed by atoms with Crippen LogP contribution in [0.25, 0.3) is 0 Å². The summed E-state index contributed by atoms with van der Waals surface area (Å²) in [5.74, 6) is 2.94. The molecule has 1 saturated heterocycles. The molecule has 0 aromatic heterocycles. The van der Waals surface area contributed by atoms with E-state index in [-0.39, 0.29) is 12.2 Å². The normalized spacial score (nSPS) is 43.2. The lowest BCUT2D eigenvalue weighted by atomic mass is 9.83. The van der Waals surface area contributed by atoms with Crippen molar-refractivity contribution >= 4 is 5.91 Å². The van der Waals surface area contributed by atoms with E-state index in [0.29, 0.717) is 11.9 Å². The second-order valence-electron chi connectivity index (χ2n) is 7.02. The topological polar surface area (TPSA) is 32.3 Å². The largest absolute Gasteiger partial charge is 0.323 e. The SMILES string of the molecule is CCCC1NC(C)C(=O)N1C(C)C1CC2CCC1C2. The Morgan fingerprint density at radius 2 is 2.16 bits per heavy atom. The van der Waals surface area contributed by atoms with Gasteiger partial charge in [-0.3, -0.25) is 10.1 Å². The zero-order valence-corrected chi connectivity index (χ0v) is 12.6. The zero-order valence-electron chi connectivity index (χ0n) is 12.6. The number of nitrogens with one attached hydrogen (secondary N) is 1. The highest BCUT2D eigenvalue weighted by atomic mass is 16.2. The van der Waals surface area contributed by atoms with Crippen LogP contribution >= 0.6 is 0 Å². The molecule has 1 heterocycles. The lowest BCUT2D eigenvalue weighted by molar-refractivity contribution is -0.133. The molecule has 1 N–H and O–H groups in total. The number of hydrogen-bond acceptors (Lipinski definition) is 2. The van der Waals surface area contributed by atoms with Crippen molar-refractivity contribution in [2.45, 2.75) is 77.5 Å². The number of rotatable bonds is 4. The second-order valence-corrected chi connectivity index (χ2v) is 7.02. The first-order chi connectivity index (χ1) is 9.11. The average molecular weight is 264 g/mol. The molecule has 0 aromatic carbocycles. The molecule has 2 saturated carbocycles. The molecule has 3 nitrogen and oxygen atoms in total. The summed E-state index contributed by atoms with van der Waals surface area (Å²) in [4.78, 5) is 14.7. The van der Waals surface area contributed by atoms with E-state index in [0.717, 1.165) is 30.6 Å². The molecular weight excluding hydrogens is 236 g/mol. The van der Waals surface area contributed by atoms with Gasteiger partial charge < -0.3 is 4.90 Å². The fourth-order valence-electron chi connectivity index (χ4n) is 4.89. The Hall–Kier alpha value is -0.570. The lowest BCUT2D eigenvalue weighted by Gasteiger charge is -2.37. The van der Waals surface area contributed by atoms with Crippen LogP contribution < -0.4 is 5.32 Å². The monoisotopic (exact) mass is 264 g/mol. The van der Waals surface area contributed by atoms with Gasteiger partial charge in [-0.05, 0) is 57.3 Å². The summed E-state index contributed by atoms with van der Waals surface area (Å²) in [7, 11) is 0. The lowest BCUT2D eigenvalue weighted by Crippen LogP contribution is -2.47. The van der Waals surface area contributed by atoms with Gasteiger partial charge in [0, 0.05) is 6.04 Å². The molecule has 19 heavy (non-hydrogen) atoms. The van der Waals surface area contributed by atoms with Crippen LogP contribution in [0.1, 0.15) is 59.3 Å². The average Bonchev–Trinajstić information content (AvgIpc) is 3.06. The molecule has 2 aliphatic carbocycles. The molecule has 0 radical (unpaired) electrons. The predicted octanol–water partition coefficient (Wildman–Crippen LogP) is 2.76. The van der Waals surface area contributed by atoms with Crippen LogP contribution in [-0.4, -0.2) is 29.1 Å². The van der Waals surface area contributed by atoms with E-state index in [2.05, 4.69) is 24.1 Å². The predicted molar refractivity (Wildman–Crippen MR) is 76.5 cm³/mol. The van der Waals surface area contributed by atoms with Gasteiger partial charge in [0.1, 0.15) is 0 Å². The van der Waals surface area contributed by atoms with E-state index in [1.807, 2.05) is 6.92 Å². The van der Waals surface area contributed by atoms with Crippen LogP contribution in [0.3, 0.4) is 0 Å². The first kappa shape index (κ1) is 13.4. The Kier molecular flexibility index (Phi) is 3.59. The first-order valence-electron chi connectivity index (χ1n) is 8.20. The fraction of sp³-hybridized carbons (Fsp3) is 0.938. The first-order valence-corrected chi connectivity index (χ1v) is 8.20. The van der Waals surface area contributed by atoms with E-state index in [4.69, 9.17) is 0 Å². The van der Waals surface area contributed by atoms with Gasteiger partial charge in [0.05, 0.1) is 12.2 Å². The van der Waals surface area contributed by atoms with Crippen molar-refractivity contribution < 1.29 is 4.79 Å². The van der Waals surface area contributed by atoms with Crippen molar-refractivity contribution in [3.63, 3.8) is 0 Å². The van der Waals surface area contributed by atoms with Crippen LogP contribution in [-0.2, 0) is 4.79 Å². The maximum atomic E-state index is 12.5. The van der Waals surface area contributed by atoms with Gasteiger partial charge >= 0.3 is 0 Å². The fourth-order valence-corrected chi connectivity index (χ4v) is 4.89. The van der Waals surface area contributed by atoms with E-state index >= 15 is 0 Å². The zero-order chi connectivity index (χ0) is 13.6. The number of carbonyl (C=O) groups excluding carboxylic acids is 1. The Morgan fingerprint density at radius 1 is 1.37 bits per heavy atom. The summed E-state index contributed by atoms with van der Waals surface area (Å²) < 4.78 is 0. The van der Waals surface area contributed by atoms with Gasteiger partial charge in [0.15, 0.2) is 0 Å². The Labute approximate surface area is 117 Å². The van der Waals surface area contributed by atoms with Crippen LogP contribution in [0.15, 0.2) is 0 Å². The quantitative estimate of drug-likeness (QED) is 0.847. The third kappa shape index (κ3) is 2.20. The van der Waals surface area contributed by atoms with Gasteiger partial charge in [-0.2, -0.15) is 0 Å². The van der Waals surface area contributed by atoms with Gasteiger partial charge in [-0.1, -0.05) is 19.8 Å². The molecule has 3 rings (SSSR count). The minimum absolute atomic E-state index is 0.0117. The molecule has 2 bridgehead atoms. The van der Waals surface area contributed by atoms with Crippen LogP contribution in [0, 0.1) is 17.8 Å². The van der Waals surface area contributed by atoms with Crippen molar-refractivity contribution in [2.24, 2.45) is 17.8 Å². The summed E-state index contributed by atoms with van der Waals surface area (Å²) in [6.45, 7) is 6.51. The molecule has 3 fully saturated rings. The molecule has 6 unspecified atom stereocenters. The summed E-state index contributed by atoms with van der Waals surface area (Å²) in [6.07, 6.45) is 8.14. The highest BCUT2D eigenvalue weighted by Gasteiger charge is 2.47. The van der Waals surface area contributed by atoms with Crippen molar-refractivity contribution in [3.05, 3.63) is 0 Å². The molecule has 1 amide bonds. The maximum Gasteiger partial charge on any atom is 0.240 e. The smallest absolute Gasteiger partial charge is 0.240 e. The Morgan fingerprint density at radius 3 is 2.74 bits per heavy atom. The number of amides is 1. The maximum absolute atomic E-state index is 12.5. The van der Waals surface area contributed by atoms with Gasteiger partial charge in [0.2, 0.25) is 5.91 Å². The molecule has 0 spiro atoms. The van der Waals surface area contributed by atoms with Crippen molar-refractivity contribution in [1.82, 2.24) is 10.2 Å². The van der Waals surface area contributed by atoms with E-state index in [9.17, 15) is 4.79 Å². The Balaban J connectivity index is 1.73. The minimum atomic E-state index is 0.0117. The van der Waals surface area contributed by atoms with Gasteiger partial charge in [0.25, 0.3) is 0 Å². The number of fused-ring (bicyclic) bond motifs is 2. The second kappa shape index (κ2) is 5.08. The van der Waals surface area contributed by atoms with Crippen molar-refractivity contribution in [1.29, 1.82) is 0 Å². The van der Waals surface area contributed by atoms with Crippen molar-refractivity contribution in [2.75, 3.05) is 0 Å². The molecular formula is C16H28N2O. The van der Waals surface area contributed by atoms with Gasteiger partial charge in [-0.25, -0.2) is 0 Å². The summed E-state index contributed by atoms with van der Waals surface area (Å²) >= 11 is 0. The number of nitrogens with zero attached hydrogens (tertiary/aromatic N) is 1. The number of hydrogen-bond donors (Lipinski definition) is 1. The third-order valence-electron chi connectivity index (χ3n) is 5.82. The molecule has 0 aromatic rings. The van der Waals surface area contributed by atoms with E-state index in [1.54, 1.807) is 0 Å². The van der Waals surface area contributed by atoms with Crippen LogP contribution in [0.5, 0.6) is 0 Å². The number of carbonyl (C=O) groups is 1. The summed E-state index contributed by atoms with van der Waals surface area (Å²) in [6, 6.07) is 0.439.